The van der Waals surface area contributed by atoms with Crippen molar-refractivity contribution >= 4 is 0 Å². The summed E-state index contributed by atoms with van der Waals surface area (Å²) < 4.78 is 10.1. The van der Waals surface area contributed by atoms with Crippen LogP contribution in [0.5, 0.6) is 0 Å². The van der Waals surface area contributed by atoms with E-state index in [2.05, 4.69) is 19.1 Å². The zero-order valence-corrected chi connectivity index (χ0v) is 11.2. The summed E-state index contributed by atoms with van der Waals surface area (Å²) >= 11 is 0. The highest BCUT2D eigenvalue weighted by molar-refractivity contribution is 5.11. The lowest BCUT2D eigenvalue weighted by atomic mass is 10.2. The first kappa shape index (κ1) is 16.1. The van der Waals surface area contributed by atoms with Crippen LogP contribution < -0.4 is 0 Å². The Labute approximate surface area is 104 Å². The third-order valence-corrected chi connectivity index (χ3v) is 2.22. The summed E-state index contributed by atoms with van der Waals surface area (Å²) in [7, 11) is 1.64. The summed E-state index contributed by atoms with van der Waals surface area (Å²) in [6, 6.07) is 10.3. The lowest BCUT2D eigenvalue weighted by Gasteiger charge is -2.13. The van der Waals surface area contributed by atoms with Crippen LogP contribution in [0.1, 0.15) is 19.4 Å². The molecule has 0 bridgehead atoms. The molecule has 1 aromatic carbocycles. The second-order valence-corrected chi connectivity index (χ2v) is 4.03. The highest BCUT2D eigenvalue weighted by Crippen LogP contribution is 1.93. The predicted molar refractivity (Wildman–Crippen MR) is 70.1 cm³/mol. The Kier molecular flexibility index (Phi) is 9.72. The molecule has 0 aromatic heterocycles. The van der Waals surface area contributed by atoms with E-state index in [-0.39, 0.29) is 18.8 Å². The number of hydrogen-bond donors (Lipinski definition) is 1. The van der Waals surface area contributed by atoms with Crippen molar-refractivity contribution in [1.82, 2.24) is 0 Å². The van der Waals surface area contributed by atoms with Gasteiger partial charge in [-0.1, -0.05) is 35.9 Å². The van der Waals surface area contributed by atoms with E-state index in [1.165, 1.54) is 5.56 Å². The quantitative estimate of drug-likeness (QED) is 0.859. The lowest BCUT2D eigenvalue weighted by Crippen LogP contribution is -2.21. The molecule has 0 spiro atoms. The second-order valence-electron chi connectivity index (χ2n) is 4.03. The fourth-order valence-electron chi connectivity index (χ4n) is 0.955. The normalized spacial score (nSPS) is 13.5. The molecule has 0 aliphatic carbocycles. The van der Waals surface area contributed by atoms with Gasteiger partial charge in [0.15, 0.2) is 0 Å². The van der Waals surface area contributed by atoms with Crippen molar-refractivity contribution in [3.05, 3.63) is 35.9 Å². The molecular weight excluding hydrogens is 216 g/mol. The zero-order chi connectivity index (χ0) is 13.1. The molecule has 3 heteroatoms. The third kappa shape index (κ3) is 10.00. The SMILES string of the molecule is COC(C)COC(C)CO.Cc1ccccc1. The van der Waals surface area contributed by atoms with Gasteiger partial charge in [-0.05, 0) is 20.8 Å². The van der Waals surface area contributed by atoms with Gasteiger partial charge in [-0.3, -0.25) is 0 Å². The van der Waals surface area contributed by atoms with Gasteiger partial charge in [0.05, 0.1) is 25.4 Å². The zero-order valence-electron chi connectivity index (χ0n) is 11.2. The summed E-state index contributed by atoms with van der Waals surface area (Å²) in [4.78, 5) is 0. The summed E-state index contributed by atoms with van der Waals surface area (Å²) in [5.41, 5.74) is 1.32. The van der Waals surface area contributed by atoms with Crippen LogP contribution in [0.15, 0.2) is 30.3 Å². The van der Waals surface area contributed by atoms with E-state index >= 15 is 0 Å². The van der Waals surface area contributed by atoms with Crippen LogP contribution in [0, 0.1) is 6.92 Å². The smallest absolute Gasteiger partial charge is 0.0779 e. The Morgan fingerprint density at radius 3 is 2.06 bits per heavy atom. The van der Waals surface area contributed by atoms with E-state index in [9.17, 15) is 0 Å². The van der Waals surface area contributed by atoms with E-state index in [4.69, 9.17) is 14.6 Å². The van der Waals surface area contributed by atoms with Crippen molar-refractivity contribution in [1.29, 1.82) is 0 Å². The first-order valence-corrected chi connectivity index (χ1v) is 5.87. The average Bonchev–Trinajstić information content (AvgIpc) is 2.37. The number of aliphatic hydroxyl groups is 1. The molecule has 0 saturated heterocycles. The number of ether oxygens (including phenoxy) is 2. The molecule has 2 atom stereocenters. The lowest BCUT2D eigenvalue weighted by molar-refractivity contribution is -0.0313. The van der Waals surface area contributed by atoms with Crippen molar-refractivity contribution in [2.45, 2.75) is 33.0 Å². The Bertz CT molecular complexity index is 251. The van der Waals surface area contributed by atoms with Crippen molar-refractivity contribution in [3.8, 4) is 0 Å². The summed E-state index contributed by atoms with van der Waals surface area (Å²) in [6.07, 6.45) is 0.0200. The molecule has 0 heterocycles. The number of aryl methyl sites for hydroxylation is 1. The Balaban J connectivity index is 0.000000318. The molecule has 0 fully saturated rings. The summed E-state index contributed by atoms with van der Waals surface area (Å²) in [6.45, 7) is 6.43. The topological polar surface area (TPSA) is 38.7 Å². The van der Waals surface area contributed by atoms with Crippen molar-refractivity contribution in [2.75, 3.05) is 20.3 Å². The molecule has 3 nitrogen and oxygen atoms in total. The second kappa shape index (κ2) is 10.3. The van der Waals surface area contributed by atoms with Gasteiger partial charge in [-0.2, -0.15) is 0 Å². The van der Waals surface area contributed by atoms with Crippen LogP contribution in [-0.4, -0.2) is 37.6 Å². The molecule has 1 aromatic rings. The molecule has 0 amide bonds. The van der Waals surface area contributed by atoms with Crippen molar-refractivity contribution in [2.24, 2.45) is 0 Å². The Morgan fingerprint density at radius 2 is 1.71 bits per heavy atom. The fourth-order valence-corrected chi connectivity index (χ4v) is 0.955. The molecule has 17 heavy (non-hydrogen) atoms. The van der Waals surface area contributed by atoms with Gasteiger partial charge < -0.3 is 14.6 Å². The van der Waals surface area contributed by atoms with Gasteiger partial charge in [-0.25, -0.2) is 0 Å². The van der Waals surface area contributed by atoms with Gasteiger partial charge >= 0.3 is 0 Å². The fraction of sp³-hybridized carbons (Fsp3) is 0.571. The standard InChI is InChI=1S/C7H16O3.C7H8/c1-6(4-8)10-5-7(2)9-3;1-7-5-3-2-4-6-7/h6-8H,4-5H2,1-3H3;2-6H,1H3. The van der Waals surface area contributed by atoms with Crippen LogP contribution in [0.2, 0.25) is 0 Å². The molecule has 0 radical (unpaired) electrons. The van der Waals surface area contributed by atoms with E-state index in [0.717, 1.165) is 0 Å². The minimum absolute atomic E-state index is 0.0659. The first-order valence-electron chi connectivity index (χ1n) is 5.87. The maximum Gasteiger partial charge on any atom is 0.0779 e. The minimum Gasteiger partial charge on any atom is -0.394 e. The molecule has 0 aliphatic heterocycles. The molecule has 98 valence electrons. The molecule has 0 saturated carbocycles. The third-order valence-electron chi connectivity index (χ3n) is 2.22. The van der Waals surface area contributed by atoms with E-state index in [0.29, 0.717) is 6.61 Å². The Morgan fingerprint density at radius 1 is 1.12 bits per heavy atom. The molecule has 1 N–H and O–H groups in total. The van der Waals surface area contributed by atoms with Gasteiger partial charge in [-0.15, -0.1) is 0 Å². The predicted octanol–water partition coefficient (Wildman–Crippen LogP) is 2.41. The number of hydrogen-bond acceptors (Lipinski definition) is 3. The van der Waals surface area contributed by atoms with Crippen LogP contribution in [0.4, 0.5) is 0 Å². The number of methoxy groups -OCH3 is 1. The van der Waals surface area contributed by atoms with Crippen LogP contribution in [0.25, 0.3) is 0 Å². The first-order chi connectivity index (χ1) is 8.10. The number of aliphatic hydroxyl groups excluding tert-OH is 1. The summed E-state index contributed by atoms with van der Waals surface area (Å²) in [5, 5.41) is 8.55. The van der Waals surface area contributed by atoms with E-state index in [1.54, 1.807) is 7.11 Å². The van der Waals surface area contributed by atoms with Crippen LogP contribution in [-0.2, 0) is 9.47 Å². The molecule has 0 aliphatic rings. The van der Waals surface area contributed by atoms with Gasteiger partial charge in [0.2, 0.25) is 0 Å². The molecule has 1 rings (SSSR count). The van der Waals surface area contributed by atoms with Gasteiger partial charge in [0.25, 0.3) is 0 Å². The monoisotopic (exact) mass is 240 g/mol. The maximum absolute atomic E-state index is 8.55. The highest BCUT2D eigenvalue weighted by Gasteiger charge is 2.03. The van der Waals surface area contributed by atoms with Gasteiger partial charge in [0, 0.05) is 7.11 Å². The Hall–Kier alpha value is -0.900. The van der Waals surface area contributed by atoms with E-state index in [1.807, 2.05) is 32.0 Å². The molecular formula is C14H24O3. The maximum atomic E-state index is 8.55. The van der Waals surface area contributed by atoms with Crippen molar-refractivity contribution < 1.29 is 14.6 Å². The van der Waals surface area contributed by atoms with Crippen LogP contribution in [0.3, 0.4) is 0 Å². The van der Waals surface area contributed by atoms with Gasteiger partial charge in [0.1, 0.15) is 0 Å². The van der Waals surface area contributed by atoms with E-state index < -0.39 is 0 Å². The van der Waals surface area contributed by atoms with Crippen LogP contribution >= 0.6 is 0 Å². The average molecular weight is 240 g/mol. The largest absolute Gasteiger partial charge is 0.394 e. The highest BCUT2D eigenvalue weighted by atomic mass is 16.5. The van der Waals surface area contributed by atoms with Crippen molar-refractivity contribution in [3.63, 3.8) is 0 Å². The minimum atomic E-state index is -0.0856. The summed E-state index contributed by atoms with van der Waals surface area (Å²) in [5.74, 6) is 0. The molecule has 2 unspecified atom stereocenters. The number of benzene rings is 1. The number of rotatable bonds is 5.